The summed E-state index contributed by atoms with van der Waals surface area (Å²) in [4.78, 5) is 28.4. The summed E-state index contributed by atoms with van der Waals surface area (Å²) < 4.78 is 0. The van der Waals surface area contributed by atoms with E-state index in [0.717, 1.165) is 24.6 Å². The van der Waals surface area contributed by atoms with Gasteiger partial charge >= 0.3 is 0 Å². The van der Waals surface area contributed by atoms with Crippen molar-refractivity contribution in [2.75, 3.05) is 18.0 Å². The molecule has 2 heterocycles. The maximum absolute atomic E-state index is 12.0. The van der Waals surface area contributed by atoms with Crippen molar-refractivity contribution in [2.45, 2.75) is 33.2 Å². The largest absolute Gasteiger partial charge is 0.358 e. The first-order chi connectivity index (χ1) is 8.58. The third-order valence-corrected chi connectivity index (χ3v) is 3.29. The van der Waals surface area contributed by atoms with Gasteiger partial charge in [0, 0.05) is 43.9 Å². The van der Waals surface area contributed by atoms with Crippen molar-refractivity contribution < 1.29 is 4.79 Å². The molecular formula is C13H19N3O2. The van der Waals surface area contributed by atoms with Gasteiger partial charge in [-0.2, -0.15) is 0 Å². The molecule has 2 rings (SSSR count). The molecule has 0 atom stereocenters. The van der Waals surface area contributed by atoms with Crippen molar-refractivity contribution in [1.82, 2.24) is 10.3 Å². The zero-order chi connectivity index (χ0) is 13.1. The number of carbonyl (C=O) groups excluding carboxylic acids is 1. The molecule has 1 aromatic rings. The summed E-state index contributed by atoms with van der Waals surface area (Å²) in [6.45, 7) is 5.61. The van der Waals surface area contributed by atoms with E-state index in [1.807, 2.05) is 6.92 Å². The van der Waals surface area contributed by atoms with Crippen molar-refractivity contribution in [3.05, 3.63) is 27.5 Å². The number of H-pyrrole nitrogens is 1. The number of aryl methyl sites for hydroxylation is 1. The Bertz CT molecular complexity index is 501. The Morgan fingerprint density at radius 1 is 1.44 bits per heavy atom. The van der Waals surface area contributed by atoms with E-state index in [1.54, 1.807) is 6.07 Å². The minimum atomic E-state index is -0.127. The second-order valence-corrected chi connectivity index (χ2v) is 4.73. The average molecular weight is 249 g/mol. The SMILES string of the molecule is CC(=O)NCc1c(C)[nH]c(N2CCCC2)cc1=O. The van der Waals surface area contributed by atoms with Gasteiger partial charge in [-0.1, -0.05) is 0 Å². The van der Waals surface area contributed by atoms with Crippen LogP contribution in [0.15, 0.2) is 10.9 Å². The summed E-state index contributed by atoms with van der Waals surface area (Å²) in [5.41, 5.74) is 1.45. The Kier molecular flexibility index (Phi) is 3.69. The van der Waals surface area contributed by atoms with Crippen LogP contribution in [0.3, 0.4) is 0 Å². The van der Waals surface area contributed by atoms with Crippen LogP contribution in [0.25, 0.3) is 0 Å². The highest BCUT2D eigenvalue weighted by Crippen LogP contribution is 2.17. The standard InChI is InChI=1S/C13H19N3O2/c1-9-11(8-14-10(2)17)12(18)7-13(15-9)16-5-3-4-6-16/h7H,3-6,8H2,1-2H3,(H,14,17)(H,15,18). The lowest BCUT2D eigenvalue weighted by molar-refractivity contribution is -0.119. The number of rotatable bonds is 3. The molecule has 5 nitrogen and oxygen atoms in total. The van der Waals surface area contributed by atoms with E-state index >= 15 is 0 Å². The van der Waals surface area contributed by atoms with Crippen molar-refractivity contribution in [2.24, 2.45) is 0 Å². The number of aromatic nitrogens is 1. The first-order valence-electron chi connectivity index (χ1n) is 6.30. The lowest BCUT2D eigenvalue weighted by Gasteiger charge is -2.18. The summed E-state index contributed by atoms with van der Waals surface area (Å²) in [5, 5.41) is 2.66. The third kappa shape index (κ3) is 2.72. The molecule has 98 valence electrons. The Hall–Kier alpha value is -1.78. The molecule has 1 amide bonds. The molecule has 5 heteroatoms. The molecule has 1 aromatic heterocycles. The van der Waals surface area contributed by atoms with Crippen LogP contribution in [-0.4, -0.2) is 24.0 Å². The second-order valence-electron chi connectivity index (χ2n) is 4.73. The number of aromatic amines is 1. The highest BCUT2D eigenvalue weighted by atomic mass is 16.1. The van der Waals surface area contributed by atoms with E-state index in [9.17, 15) is 9.59 Å². The van der Waals surface area contributed by atoms with Gasteiger partial charge in [-0.3, -0.25) is 9.59 Å². The average Bonchev–Trinajstić information content (AvgIpc) is 2.80. The molecule has 0 aliphatic carbocycles. The predicted molar refractivity (Wildman–Crippen MR) is 70.8 cm³/mol. The maximum Gasteiger partial charge on any atom is 0.217 e. The Morgan fingerprint density at radius 2 is 2.11 bits per heavy atom. The fourth-order valence-corrected chi connectivity index (χ4v) is 2.26. The minimum Gasteiger partial charge on any atom is -0.358 e. The van der Waals surface area contributed by atoms with Crippen molar-refractivity contribution >= 4 is 11.7 Å². The zero-order valence-electron chi connectivity index (χ0n) is 10.9. The fraction of sp³-hybridized carbons (Fsp3) is 0.538. The van der Waals surface area contributed by atoms with E-state index in [4.69, 9.17) is 0 Å². The van der Waals surface area contributed by atoms with Gasteiger partial charge < -0.3 is 15.2 Å². The van der Waals surface area contributed by atoms with E-state index in [0.29, 0.717) is 5.56 Å². The molecule has 0 unspecified atom stereocenters. The number of anilines is 1. The van der Waals surface area contributed by atoms with Crippen LogP contribution in [0.4, 0.5) is 5.82 Å². The van der Waals surface area contributed by atoms with Crippen molar-refractivity contribution in [1.29, 1.82) is 0 Å². The van der Waals surface area contributed by atoms with E-state index < -0.39 is 0 Å². The molecule has 0 aromatic carbocycles. The molecule has 0 bridgehead atoms. The maximum atomic E-state index is 12.0. The lowest BCUT2D eigenvalue weighted by Crippen LogP contribution is -2.27. The molecule has 18 heavy (non-hydrogen) atoms. The van der Waals surface area contributed by atoms with Crippen molar-refractivity contribution in [3.8, 4) is 0 Å². The number of hydrogen-bond donors (Lipinski definition) is 2. The molecule has 2 N–H and O–H groups in total. The molecule has 1 aliphatic rings. The first-order valence-corrected chi connectivity index (χ1v) is 6.30. The number of hydrogen-bond acceptors (Lipinski definition) is 3. The van der Waals surface area contributed by atoms with Crippen LogP contribution < -0.4 is 15.6 Å². The van der Waals surface area contributed by atoms with Gasteiger partial charge in [0.05, 0.1) is 0 Å². The van der Waals surface area contributed by atoms with Gasteiger partial charge in [0.1, 0.15) is 5.82 Å². The smallest absolute Gasteiger partial charge is 0.217 e. The lowest BCUT2D eigenvalue weighted by atomic mass is 10.2. The second kappa shape index (κ2) is 5.25. The summed E-state index contributed by atoms with van der Waals surface area (Å²) in [6, 6.07) is 1.63. The zero-order valence-corrected chi connectivity index (χ0v) is 10.9. The first kappa shape index (κ1) is 12.7. The normalized spacial score (nSPS) is 14.9. The topological polar surface area (TPSA) is 65.2 Å². The van der Waals surface area contributed by atoms with E-state index in [2.05, 4.69) is 15.2 Å². The number of pyridine rings is 1. The molecule has 1 aliphatic heterocycles. The summed E-state index contributed by atoms with van der Waals surface area (Å²) in [6.07, 6.45) is 2.35. The van der Waals surface area contributed by atoms with Gasteiger partial charge in [0.15, 0.2) is 5.43 Å². The predicted octanol–water partition coefficient (Wildman–Crippen LogP) is 0.920. The molecule has 1 saturated heterocycles. The quantitative estimate of drug-likeness (QED) is 0.837. The monoisotopic (exact) mass is 249 g/mol. The Labute approximate surface area is 106 Å². The van der Waals surface area contributed by atoms with Gasteiger partial charge in [-0.05, 0) is 19.8 Å². The van der Waals surface area contributed by atoms with Gasteiger partial charge in [0.25, 0.3) is 0 Å². The van der Waals surface area contributed by atoms with Gasteiger partial charge in [-0.25, -0.2) is 0 Å². The molecule has 0 saturated carbocycles. The summed E-state index contributed by atoms with van der Waals surface area (Å²) >= 11 is 0. The van der Waals surface area contributed by atoms with Gasteiger partial charge in [0.2, 0.25) is 5.91 Å². The summed E-state index contributed by atoms with van der Waals surface area (Å²) in [7, 11) is 0. The number of carbonyl (C=O) groups is 1. The molecule has 0 radical (unpaired) electrons. The Morgan fingerprint density at radius 3 is 2.67 bits per heavy atom. The van der Waals surface area contributed by atoms with Crippen LogP contribution in [0.2, 0.25) is 0 Å². The molecule has 1 fully saturated rings. The van der Waals surface area contributed by atoms with E-state index in [1.165, 1.54) is 19.8 Å². The van der Waals surface area contributed by atoms with Crippen molar-refractivity contribution in [3.63, 3.8) is 0 Å². The number of nitrogens with one attached hydrogen (secondary N) is 2. The van der Waals surface area contributed by atoms with Crippen LogP contribution in [0, 0.1) is 6.92 Å². The van der Waals surface area contributed by atoms with Crippen LogP contribution in [0.5, 0.6) is 0 Å². The fourth-order valence-electron chi connectivity index (χ4n) is 2.26. The van der Waals surface area contributed by atoms with Crippen LogP contribution >= 0.6 is 0 Å². The highest BCUT2D eigenvalue weighted by molar-refractivity contribution is 5.72. The molecular weight excluding hydrogens is 230 g/mol. The number of nitrogens with zero attached hydrogens (tertiary/aromatic N) is 1. The third-order valence-electron chi connectivity index (χ3n) is 3.29. The van der Waals surface area contributed by atoms with Crippen LogP contribution in [-0.2, 0) is 11.3 Å². The molecule has 0 spiro atoms. The minimum absolute atomic E-state index is 0.0121. The van der Waals surface area contributed by atoms with Crippen LogP contribution in [0.1, 0.15) is 31.0 Å². The summed E-state index contributed by atoms with van der Waals surface area (Å²) in [5.74, 6) is 0.763. The van der Waals surface area contributed by atoms with E-state index in [-0.39, 0.29) is 17.9 Å². The number of amides is 1. The van der Waals surface area contributed by atoms with Gasteiger partial charge in [-0.15, -0.1) is 0 Å². The highest BCUT2D eigenvalue weighted by Gasteiger charge is 2.15. The Balaban J connectivity index is 2.23.